The molecule has 0 radical (unpaired) electrons. The van der Waals surface area contributed by atoms with E-state index in [4.69, 9.17) is 27.9 Å². The molecule has 1 aliphatic heterocycles. The van der Waals surface area contributed by atoms with Crippen molar-refractivity contribution >= 4 is 51.4 Å². The Labute approximate surface area is 155 Å². The van der Waals surface area contributed by atoms with Gasteiger partial charge in [-0.05, 0) is 30.4 Å². The highest BCUT2D eigenvalue weighted by Gasteiger charge is 2.22. The number of piperidine rings is 1. The number of ether oxygens (including phenoxy) is 1. The first-order chi connectivity index (χ1) is 11.2. The summed E-state index contributed by atoms with van der Waals surface area (Å²) < 4.78 is 6.72. The molecule has 0 bridgehead atoms. The van der Waals surface area contributed by atoms with Crippen molar-refractivity contribution in [3.63, 3.8) is 0 Å². The van der Waals surface area contributed by atoms with Gasteiger partial charge in [-0.25, -0.2) is 0 Å². The van der Waals surface area contributed by atoms with Crippen molar-refractivity contribution in [2.45, 2.75) is 12.8 Å². The smallest absolute Gasteiger partial charge is 0.102 e. The summed E-state index contributed by atoms with van der Waals surface area (Å²) in [5.41, 5.74) is 3.86. The Kier molecular flexibility index (Phi) is 6.19. The van der Waals surface area contributed by atoms with E-state index < -0.39 is 0 Å². The molecule has 124 valence electrons. The molecule has 1 aliphatic rings. The first kappa shape index (κ1) is 17.5. The summed E-state index contributed by atoms with van der Waals surface area (Å²) in [6.07, 6.45) is 2.14. The summed E-state index contributed by atoms with van der Waals surface area (Å²) in [5, 5.41) is 2.12. The van der Waals surface area contributed by atoms with Gasteiger partial charge in [0, 0.05) is 42.8 Å². The maximum atomic E-state index is 6.45. The second-order valence-corrected chi connectivity index (χ2v) is 8.76. The van der Waals surface area contributed by atoms with E-state index in [1.54, 1.807) is 18.4 Å². The molecule has 0 aliphatic carbocycles. The summed E-state index contributed by atoms with van der Waals surface area (Å²) in [4.78, 5) is 3.74. The van der Waals surface area contributed by atoms with Crippen molar-refractivity contribution in [1.29, 1.82) is 0 Å². The SMILES string of the molecule is COCCN1CCC(=C(c2cccs2)c2cc(Cl)sc2Cl)CC1. The summed E-state index contributed by atoms with van der Waals surface area (Å²) in [6, 6.07) is 6.27. The average molecular weight is 388 g/mol. The summed E-state index contributed by atoms with van der Waals surface area (Å²) in [6.45, 7) is 3.94. The van der Waals surface area contributed by atoms with Crippen molar-refractivity contribution in [3.05, 3.63) is 48.3 Å². The molecule has 3 heterocycles. The van der Waals surface area contributed by atoms with Gasteiger partial charge in [-0.1, -0.05) is 34.8 Å². The van der Waals surface area contributed by atoms with Crippen molar-refractivity contribution in [2.24, 2.45) is 0 Å². The number of methoxy groups -OCH3 is 1. The van der Waals surface area contributed by atoms with E-state index in [9.17, 15) is 0 Å². The third kappa shape index (κ3) is 4.19. The standard InChI is InChI=1S/C17H19Cl2NOS2/c1-21-9-8-20-6-4-12(5-7-20)16(14-3-2-10-22-14)13-11-15(18)23-17(13)19/h2-3,10-11H,4-9H2,1H3. The number of hydrogen-bond donors (Lipinski definition) is 0. The lowest BCUT2D eigenvalue weighted by Gasteiger charge is -2.29. The Morgan fingerprint density at radius 1 is 1.30 bits per heavy atom. The average Bonchev–Trinajstić information content (AvgIpc) is 3.17. The number of rotatable bonds is 5. The third-order valence-corrected chi connectivity index (χ3v) is 6.49. The van der Waals surface area contributed by atoms with E-state index in [1.807, 2.05) is 6.07 Å². The fourth-order valence-electron chi connectivity index (χ4n) is 2.95. The molecule has 2 aromatic rings. The van der Waals surface area contributed by atoms with Crippen LogP contribution in [0, 0.1) is 0 Å². The normalized spacial score (nSPS) is 16.0. The minimum Gasteiger partial charge on any atom is -0.383 e. The third-order valence-electron chi connectivity index (χ3n) is 4.12. The first-order valence-electron chi connectivity index (χ1n) is 7.61. The molecule has 0 spiro atoms. The summed E-state index contributed by atoms with van der Waals surface area (Å²) in [7, 11) is 1.76. The lowest BCUT2D eigenvalue weighted by Crippen LogP contribution is -2.33. The van der Waals surface area contributed by atoms with Gasteiger partial charge in [0.2, 0.25) is 0 Å². The predicted molar refractivity (Wildman–Crippen MR) is 102 cm³/mol. The van der Waals surface area contributed by atoms with Crippen LogP contribution in [0.3, 0.4) is 0 Å². The Balaban J connectivity index is 1.89. The second-order valence-electron chi connectivity index (χ2n) is 5.53. The van der Waals surface area contributed by atoms with Gasteiger partial charge in [0.1, 0.15) is 4.34 Å². The van der Waals surface area contributed by atoms with Gasteiger partial charge in [-0.15, -0.1) is 22.7 Å². The van der Waals surface area contributed by atoms with Crippen LogP contribution in [0.25, 0.3) is 5.57 Å². The summed E-state index contributed by atoms with van der Waals surface area (Å²) >= 11 is 15.8. The van der Waals surface area contributed by atoms with E-state index in [0.29, 0.717) is 0 Å². The fourth-order valence-corrected chi connectivity index (χ4v) is 5.26. The lowest BCUT2D eigenvalue weighted by atomic mass is 9.93. The molecular weight excluding hydrogens is 369 g/mol. The highest BCUT2D eigenvalue weighted by Crippen LogP contribution is 2.42. The molecule has 0 N–H and O–H groups in total. The van der Waals surface area contributed by atoms with Crippen molar-refractivity contribution in [1.82, 2.24) is 4.90 Å². The molecule has 0 amide bonds. The van der Waals surface area contributed by atoms with Crippen LogP contribution in [-0.2, 0) is 4.74 Å². The molecule has 2 nitrogen and oxygen atoms in total. The van der Waals surface area contributed by atoms with E-state index in [0.717, 1.165) is 53.3 Å². The van der Waals surface area contributed by atoms with E-state index in [-0.39, 0.29) is 0 Å². The van der Waals surface area contributed by atoms with Crippen LogP contribution in [-0.4, -0.2) is 38.3 Å². The monoisotopic (exact) mass is 387 g/mol. The van der Waals surface area contributed by atoms with Gasteiger partial charge < -0.3 is 9.64 Å². The van der Waals surface area contributed by atoms with Crippen LogP contribution < -0.4 is 0 Å². The lowest BCUT2D eigenvalue weighted by molar-refractivity contribution is 0.143. The number of nitrogens with zero attached hydrogens (tertiary/aromatic N) is 1. The zero-order valence-corrected chi connectivity index (χ0v) is 16.1. The summed E-state index contributed by atoms with van der Waals surface area (Å²) in [5.74, 6) is 0. The van der Waals surface area contributed by atoms with Gasteiger partial charge in [-0.3, -0.25) is 0 Å². The maximum Gasteiger partial charge on any atom is 0.102 e. The largest absolute Gasteiger partial charge is 0.383 e. The van der Waals surface area contributed by atoms with Crippen LogP contribution in [0.2, 0.25) is 8.67 Å². The van der Waals surface area contributed by atoms with Crippen LogP contribution in [0.5, 0.6) is 0 Å². The zero-order valence-electron chi connectivity index (χ0n) is 13.0. The Hall–Kier alpha value is -0.360. The van der Waals surface area contributed by atoms with E-state index >= 15 is 0 Å². The first-order valence-corrected chi connectivity index (χ1v) is 10.1. The van der Waals surface area contributed by atoms with Crippen LogP contribution in [0.1, 0.15) is 23.3 Å². The van der Waals surface area contributed by atoms with Gasteiger partial charge in [0.25, 0.3) is 0 Å². The molecule has 2 aromatic heterocycles. The topological polar surface area (TPSA) is 12.5 Å². The number of thiophene rings is 2. The predicted octanol–water partition coefficient (Wildman–Crippen LogP) is 5.66. The number of likely N-dealkylation sites (tertiary alicyclic amines) is 1. The minimum atomic E-state index is 0.747. The molecule has 3 rings (SSSR count). The second kappa shape index (κ2) is 8.15. The Bertz CT molecular complexity index is 669. The number of halogens is 2. The van der Waals surface area contributed by atoms with Crippen molar-refractivity contribution in [3.8, 4) is 0 Å². The fraction of sp³-hybridized carbons (Fsp3) is 0.412. The highest BCUT2D eigenvalue weighted by atomic mass is 35.5. The maximum absolute atomic E-state index is 6.45. The van der Waals surface area contributed by atoms with Crippen LogP contribution in [0.15, 0.2) is 29.2 Å². The van der Waals surface area contributed by atoms with Crippen molar-refractivity contribution in [2.75, 3.05) is 33.4 Å². The number of hydrogen-bond acceptors (Lipinski definition) is 4. The highest BCUT2D eigenvalue weighted by molar-refractivity contribution is 7.20. The molecule has 1 saturated heterocycles. The Morgan fingerprint density at radius 3 is 2.65 bits per heavy atom. The quantitative estimate of drug-likeness (QED) is 0.655. The molecule has 0 unspecified atom stereocenters. The van der Waals surface area contributed by atoms with Crippen LogP contribution >= 0.6 is 45.9 Å². The van der Waals surface area contributed by atoms with E-state index in [2.05, 4.69) is 22.4 Å². The minimum absolute atomic E-state index is 0.747. The van der Waals surface area contributed by atoms with Gasteiger partial charge in [0.15, 0.2) is 0 Å². The molecule has 0 saturated carbocycles. The molecule has 6 heteroatoms. The van der Waals surface area contributed by atoms with Gasteiger partial charge in [0.05, 0.1) is 10.9 Å². The molecule has 0 aromatic carbocycles. The van der Waals surface area contributed by atoms with Crippen molar-refractivity contribution < 1.29 is 4.74 Å². The van der Waals surface area contributed by atoms with Gasteiger partial charge >= 0.3 is 0 Å². The van der Waals surface area contributed by atoms with Gasteiger partial charge in [-0.2, -0.15) is 0 Å². The zero-order chi connectivity index (χ0) is 16.2. The molecule has 23 heavy (non-hydrogen) atoms. The molecule has 1 fully saturated rings. The molecule has 0 atom stereocenters. The Morgan fingerprint density at radius 2 is 2.09 bits per heavy atom. The van der Waals surface area contributed by atoms with Crippen LogP contribution in [0.4, 0.5) is 0 Å². The van der Waals surface area contributed by atoms with E-state index in [1.165, 1.54) is 27.4 Å². The molecular formula is C17H19Cl2NOS2.